The van der Waals surface area contributed by atoms with Crippen molar-refractivity contribution >= 4 is 33.9 Å². The number of rotatable bonds is 4. The number of esters is 1. The van der Waals surface area contributed by atoms with Crippen LogP contribution in [0, 0.1) is 6.92 Å². The number of fused-ring (bicyclic) bond motifs is 1. The van der Waals surface area contributed by atoms with Crippen LogP contribution in [0.15, 0.2) is 48.5 Å². The van der Waals surface area contributed by atoms with E-state index in [-0.39, 0.29) is 18.4 Å². The third-order valence-electron chi connectivity index (χ3n) is 4.02. The van der Waals surface area contributed by atoms with Crippen LogP contribution in [0.4, 0.5) is 17.1 Å². The summed E-state index contributed by atoms with van der Waals surface area (Å²) in [6, 6.07) is 15.5. The van der Waals surface area contributed by atoms with Crippen molar-refractivity contribution in [2.45, 2.75) is 6.92 Å². The Morgan fingerprint density at radius 1 is 1.08 bits per heavy atom. The van der Waals surface area contributed by atoms with Crippen LogP contribution < -0.4 is 22.6 Å². The predicted octanol–water partition coefficient (Wildman–Crippen LogP) is 1.14. The molecule has 0 fully saturated rings. The summed E-state index contributed by atoms with van der Waals surface area (Å²) < 4.78 is 4.82. The molecule has 0 atom stereocenters. The third-order valence-corrected chi connectivity index (χ3v) is 4.02. The molecule has 1 N–H and O–H groups in total. The van der Waals surface area contributed by atoms with Gasteiger partial charge in [0.05, 0.1) is 18.2 Å². The minimum absolute atomic E-state index is 0. The molecule has 0 aliphatic heterocycles. The molecule has 0 amide bonds. The van der Waals surface area contributed by atoms with Crippen LogP contribution >= 0.6 is 0 Å². The average molecular weight is 371 g/mol. The highest BCUT2D eigenvalue weighted by atomic mass is 35.5. The highest BCUT2D eigenvalue weighted by Gasteiger charge is 2.10. The Kier molecular flexibility index (Phi) is 6.05. The molecule has 0 saturated carbocycles. The molecule has 0 bridgehead atoms. The summed E-state index contributed by atoms with van der Waals surface area (Å²) in [5, 5.41) is 4.31. The lowest BCUT2D eigenvalue weighted by Gasteiger charge is -2.15. The number of nitrogens with one attached hydrogen (secondary N) is 1. The van der Waals surface area contributed by atoms with E-state index in [0.29, 0.717) is 5.56 Å². The smallest absolute Gasteiger partial charge is 0.337 e. The maximum atomic E-state index is 11.8. The van der Waals surface area contributed by atoms with E-state index < -0.39 is 0 Å². The highest BCUT2D eigenvalue weighted by molar-refractivity contribution is 5.99. The van der Waals surface area contributed by atoms with Gasteiger partial charge < -0.3 is 27.4 Å². The zero-order chi connectivity index (χ0) is 18.0. The summed E-state index contributed by atoms with van der Waals surface area (Å²) in [5.41, 5.74) is 5.26. The van der Waals surface area contributed by atoms with Crippen LogP contribution in [0.25, 0.3) is 10.9 Å². The van der Waals surface area contributed by atoms with E-state index in [1.54, 1.807) is 6.07 Å². The SMILES string of the molecule is COC(=O)c1ccc2nc(C)cc(Nc3ccc(N(C)C)cc3)c2c1.[Cl-]. The summed E-state index contributed by atoms with van der Waals surface area (Å²) in [4.78, 5) is 18.4. The first kappa shape index (κ1) is 19.5. The Bertz CT molecular complexity index is 924. The summed E-state index contributed by atoms with van der Waals surface area (Å²) in [6.07, 6.45) is 0. The molecule has 0 aliphatic rings. The number of halogens is 1. The number of hydrogen-bond acceptors (Lipinski definition) is 5. The zero-order valence-electron chi connectivity index (χ0n) is 15.2. The molecular formula is C20H21ClN3O2-. The fourth-order valence-electron chi connectivity index (χ4n) is 2.70. The third kappa shape index (κ3) is 4.06. The number of nitrogens with zero attached hydrogens (tertiary/aromatic N) is 2. The number of benzene rings is 2. The Labute approximate surface area is 159 Å². The first-order valence-corrected chi connectivity index (χ1v) is 8.02. The van der Waals surface area contributed by atoms with E-state index in [9.17, 15) is 4.79 Å². The standard InChI is InChI=1S/C20H21N3O2.ClH/c1-13-11-19(22-15-6-8-16(9-7-15)23(2)3)17-12-14(20(24)25-4)5-10-18(17)21-13;/h5-12H,1-4H3,(H,21,22);1H/p-1. The highest BCUT2D eigenvalue weighted by Crippen LogP contribution is 2.28. The number of carbonyl (C=O) groups excluding carboxylic acids is 1. The van der Waals surface area contributed by atoms with Crippen molar-refractivity contribution in [2.75, 3.05) is 31.4 Å². The molecule has 0 aliphatic carbocycles. The van der Waals surface area contributed by atoms with Gasteiger partial charge in [-0.15, -0.1) is 0 Å². The average Bonchev–Trinajstić information content (AvgIpc) is 2.61. The van der Waals surface area contributed by atoms with Crippen LogP contribution in [0.5, 0.6) is 0 Å². The fraction of sp³-hybridized carbons (Fsp3) is 0.200. The fourth-order valence-corrected chi connectivity index (χ4v) is 2.70. The molecule has 0 radical (unpaired) electrons. The van der Waals surface area contributed by atoms with Gasteiger partial charge in [0.2, 0.25) is 0 Å². The van der Waals surface area contributed by atoms with E-state index in [4.69, 9.17) is 4.74 Å². The van der Waals surface area contributed by atoms with E-state index in [1.165, 1.54) is 7.11 Å². The number of aromatic nitrogens is 1. The summed E-state index contributed by atoms with van der Waals surface area (Å²) in [7, 11) is 5.40. The van der Waals surface area contributed by atoms with Gasteiger partial charge in [-0.1, -0.05) is 0 Å². The monoisotopic (exact) mass is 370 g/mol. The van der Waals surface area contributed by atoms with Crippen LogP contribution in [0.2, 0.25) is 0 Å². The minimum atomic E-state index is -0.358. The number of ether oxygens (including phenoxy) is 1. The van der Waals surface area contributed by atoms with Crippen LogP contribution in [-0.2, 0) is 4.74 Å². The lowest BCUT2D eigenvalue weighted by molar-refractivity contribution is -0.0000198. The molecule has 0 unspecified atom stereocenters. The molecule has 6 heteroatoms. The molecule has 0 saturated heterocycles. The number of anilines is 3. The van der Waals surface area contributed by atoms with Crippen molar-refractivity contribution in [1.82, 2.24) is 4.98 Å². The van der Waals surface area contributed by atoms with Gasteiger partial charge >= 0.3 is 5.97 Å². The molecule has 26 heavy (non-hydrogen) atoms. The van der Waals surface area contributed by atoms with Gasteiger partial charge in [0, 0.05) is 42.2 Å². The number of aryl methyl sites for hydroxylation is 1. The molecule has 3 rings (SSSR count). The van der Waals surface area contributed by atoms with Gasteiger partial charge in [0.1, 0.15) is 0 Å². The van der Waals surface area contributed by atoms with Gasteiger partial charge in [-0.25, -0.2) is 4.79 Å². The van der Waals surface area contributed by atoms with Gasteiger partial charge in [-0.3, -0.25) is 4.98 Å². The maximum absolute atomic E-state index is 11.8. The summed E-state index contributed by atoms with van der Waals surface area (Å²) >= 11 is 0. The Balaban J connectivity index is 0.00000243. The van der Waals surface area contributed by atoms with Crippen molar-refractivity contribution in [2.24, 2.45) is 0 Å². The quantitative estimate of drug-likeness (QED) is 0.698. The normalized spacial score (nSPS) is 10.2. The van der Waals surface area contributed by atoms with Crippen molar-refractivity contribution in [3.63, 3.8) is 0 Å². The van der Waals surface area contributed by atoms with E-state index in [1.807, 2.05) is 51.4 Å². The van der Waals surface area contributed by atoms with Crippen LogP contribution in [0.1, 0.15) is 16.1 Å². The second-order valence-corrected chi connectivity index (χ2v) is 6.10. The predicted molar refractivity (Wildman–Crippen MR) is 102 cm³/mol. The summed E-state index contributed by atoms with van der Waals surface area (Å²) in [5.74, 6) is -0.358. The van der Waals surface area contributed by atoms with E-state index in [0.717, 1.165) is 33.7 Å². The second kappa shape index (κ2) is 8.06. The van der Waals surface area contributed by atoms with Crippen molar-refractivity contribution < 1.29 is 21.9 Å². The minimum Gasteiger partial charge on any atom is -1.00 e. The molecular weight excluding hydrogens is 350 g/mol. The maximum Gasteiger partial charge on any atom is 0.337 e. The molecule has 136 valence electrons. The lowest BCUT2D eigenvalue weighted by Crippen LogP contribution is -3.00. The van der Waals surface area contributed by atoms with Crippen LogP contribution in [0.3, 0.4) is 0 Å². The molecule has 2 aromatic carbocycles. The Morgan fingerprint density at radius 3 is 2.38 bits per heavy atom. The number of pyridine rings is 1. The topological polar surface area (TPSA) is 54.5 Å². The van der Waals surface area contributed by atoms with Crippen molar-refractivity contribution in [3.05, 3.63) is 59.8 Å². The Hall–Kier alpha value is -2.79. The largest absolute Gasteiger partial charge is 1.00 e. The van der Waals surface area contributed by atoms with Crippen LogP contribution in [-0.4, -0.2) is 32.2 Å². The molecule has 5 nitrogen and oxygen atoms in total. The zero-order valence-corrected chi connectivity index (χ0v) is 16.0. The first-order valence-electron chi connectivity index (χ1n) is 8.02. The van der Waals surface area contributed by atoms with Crippen molar-refractivity contribution in [3.8, 4) is 0 Å². The van der Waals surface area contributed by atoms with Gasteiger partial charge in [0.25, 0.3) is 0 Å². The Morgan fingerprint density at radius 2 is 1.77 bits per heavy atom. The molecule has 1 aromatic heterocycles. The summed E-state index contributed by atoms with van der Waals surface area (Å²) in [6.45, 7) is 1.95. The van der Waals surface area contributed by atoms with Gasteiger partial charge in [-0.2, -0.15) is 0 Å². The number of methoxy groups -OCH3 is 1. The second-order valence-electron chi connectivity index (χ2n) is 6.10. The lowest BCUT2D eigenvalue weighted by atomic mass is 10.1. The van der Waals surface area contributed by atoms with Gasteiger partial charge in [0.15, 0.2) is 0 Å². The van der Waals surface area contributed by atoms with E-state index >= 15 is 0 Å². The number of carbonyl (C=O) groups is 1. The number of hydrogen-bond donors (Lipinski definition) is 1. The first-order chi connectivity index (χ1) is 12.0. The van der Waals surface area contributed by atoms with Gasteiger partial charge in [-0.05, 0) is 55.5 Å². The van der Waals surface area contributed by atoms with Crippen molar-refractivity contribution in [1.29, 1.82) is 0 Å². The molecule has 3 aromatic rings. The van der Waals surface area contributed by atoms with E-state index in [2.05, 4.69) is 27.3 Å². The molecule has 0 spiro atoms. The molecule has 1 heterocycles.